The number of nitrogens with zero attached hydrogens (tertiary/aromatic N) is 7. The van der Waals surface area contributed by atoms with Crippen LogP contribution in [0.25, 0.3) is 27.8 Å². The Bertz CT molecular complexity index is 1420. The number of benzene rings is 1. The van der Waals surface area contributed by atoms with E-state index < -0.39 is 0 Å². The largest absolute Gasteiger partial charge is 0.497 e. The molecule has 0 aliphatic heterocycles. The number of methoxy groups -OCH3 is 1. The lowest BCUT2D eigenvalue weighted by atomic mass is 10.0. The summed E-state index contributed by atoms with van der Waals surface area (Å²) in [5.74, 6) is 0.823. The maximum Gasteiger partial charge on any atom is 0.118 e. The smallest absolute Gasteiger partial charge is 0.118 e. The zero-order chi connectivity index (χ0) is 21.4. The standard InChI is InChI=1S/C23H19N7O/c1-28-13-19(10-25-28)17-7-22(23-18(8-24)9-27-30(23)15-17)20-11-26-29(14-20)12-16-3-5-21(31-2)6-4-16/h3-7,9-11,13-15H,12H2,1-2H3. The summed E-state index contributed by atoms with van der Waals surface area (Å²) < 4.78 is 10.6. The average Bonchev–Trinajstić information content (AvgIpc) is 3.53. The maximum absolute atomic E-state index is 9.58. The molecule has 8 heteroatoms. The van der Waals surface area contributed by atoms with Crippen molar-refractivity contribution in [2.45, 2.75) is 6.54 Å². The van der Waals surface area contributed by atoms with Crippen LogP contribution in [0.5, 0.6) is 5.75 Å². The first-order valence-electron chi connectivity index (χ1n) is 9.71. The van der Waals surface area contributed by atoms with Gasteiger partial charge in [-0.3, -0.25) is 9.36 Å². The summed E-state index contributed by atoms with van der Waals surface area (Å²) in [7, 11) is 3.54. The van der Waals surface area contributed by atoms with Gasteiger partial charge in [-0.2, -0.15) is 20.6 Å². The van der Waals surface area contributed by atoms with Crippen LogP contribution in [0, 0.1) is 11.3 Å². The van der Waals surface area contributed by atoms with Crippen molar-refractivity contribution in [2.24, 2.45) is 7.05 Å². The van der Waals surface area contributed by atoms with Gasteiger partial charge in [-0.25, -0.2) is 4.52 Å². The maximum atomic E-state index is 9.58. The van der Waals surface area contributed by atoms with Gasteiger partial charge in [-0.1, -0.05) is 12.1 Å². The third-order valence-electron chi connectivity index (χ3n) is 5.22. The minimum Gasteiger partial charge on any atom is -0.497 e. The molecule has 152 valence electrons. The molecular weight excluding hydrogens is 390 g/mol. The van der Waals surface area contributed by atoms with E-state index in [2.05, 4.69) is 27.4 Å². The van der Waals surface area contributed by atoms with Crippen molar-refractivity contribution in [1.82, 2.24) is 29.2 Å². The molecule has 0 saturated carbocycles. The highest BCUT2D eigenvalue weighted by Crippen LogP contribution is 2.31. The van der Waals surface area contributed by atoms with Gasteiger partial charge in [0, 0.05) is 47.9 Å². The Kier molecular flexibility index (Phi) is 4.49. The molecule has 0 N–H and O–H groups in total. The van der Waals surface area contributed by atoms with E-state index in [-0.39, 0.29) is 0 Å². The molecule has 5 aromatic rings. The van der Waals surface area contributed by atoms with Gasteiger partial charge in [0.1, 0.15) is 11.8 Å². The number of pyridine rings is 1. The van der Waals surface area contributed by atoms with Crippen molar-refractivity contribution < 1.29 is 4.74 Å². The zero-order valence-electron chi connectivity index (χ0n) is 17.1. The molecule has 1 aromatic carbocycles. The first kappa shape index (κ1) is 18.6. The fourth-order valence-corrected chi connectivity index (χ4v) is 3.66. The van der Waals surface area contributed by atoms with E-state index in [0.29, 0.717) is 12.1 Å². The lowest BCUT2D eigenvalue weighted by Gasteiger charge is -2.07. The molecule has 0 fully saturated rings. The fourth-order valence-electron chi connectivity index (χ4n) is 3.66. The highest BCUT2D eigenvalue weighted by molar-refractivity contribution is 5.87. The Balaban J connectivity index is 1.57. The zero-order valence-corrected chi connectivity index (χ0v) is 17.1. The molecule has 4 aromatic heterocycles. The summed E-state index contributed by atoms with van der Waals surface area (Å²) >= 11 is 0. The van der Waals surface area contributed by atoms with Crippen LogP contribution in [0.3, 0.4) is 0 Å². The number of nitriles is 1. The van der Waals surface area contributed by atoms with Crippen LogP contribution in [-0.4, -0.2) is 36.3 Å². The van der Waals surface area contributed by atoms with E-state index in [1.165, 1.54) is 0 Å². The van der Waals surface area contributed by atoms with Crippen molar-refractivity contribution >= 4 is 5.52 Å². The van der Waals surface area contributed by atoms with Crippen LogP contribution in [0.1, 0.15) is 11.1 Å². The van der Waals surface area contributed by atoms with Crippen molar-refractivity contribution in [1.29, 1.82) is 5.26 Å². The summed E-state index contributed by atoms with van der Waals surface area (Å²) in [5.41, 5.74) is 6.16. The van der Waals surface area contributed by atoms with Crippen LogP contribution < -0.4 is 4.74 Å². The number of rotatable bonds is 5. The summed E-state index contributed by atoms with van der Waals surface area (Å²) in [6.45, 7) is 0.632. The van der Waals surface area contributed by atoms with Crippen LogP contribution in [-0.2, 0) is 13.6 Å². The van der Waals surface area contributed by atoms with Gasteiger partial charge in [0.05, 0.1) is 43.3 Å². The quantitative estimate of drug-likeness (QED) is 0.443. The molecule has 5 rings (SSSR count). The highest BCUT2D eigenvalue weighted by Gasteiger charge is 2.15. The minimum atomic E-state index is 0.524. The molecule has 0 aliphatic rings. The Morgan fingerprint density at radius 1 is 0.935 bits per heavy atom. The van der Waals surface area contributed by atoms with Gasteiger partial charge < -0.3 is 4.74 Å². The van der Waals surface area contributed by atoms with Crippen molar-refractivity contribution in [3.63, 3.8) is 0 Å². The van der Waals surface area contributed by atoms with Crippen LogP contribution >= 0.6 is 0 Å². The van der Waals surface area contributed by atoms with Crippen LogP contribution in [0.4, 0.5) is 0 Å². The average molecular weight is 409 g/mol. The normalized spacial score (nSPS) is 11.0. The third-order valence-corrected chi connectivity index (χ3v) is 5.22. The monoisotopic (exact) mass is 409 g/mol. The second kappa shape index (κ2) is 7.46. The number of fused-ring (bicyclic) bond motifs is 1. The second-order valence-electron chi connectivity index (χ2n) is 7.28. The first-order chi connectivity index (χ1) is 15.1. The minimum absolute atomic E-state index is 0.524. The van der Waals surface area contributed by atoms with Crippen molar-refractivity contribution in [3.05, 3.63) is 78.6 Å². The van der Waals surface area contributed by atoms with Gasteiger partial charge >= 0.3 is 0 Å². The number of aryl methyl sites for hydroxylation is 1. The summed E-state index contributed by atoms with van der Waals surface area (Å²) in [5, 5.41) is 22.8. The molecule has 8 nitrogen and oxygen atoms in total. The topological polar surface area (TPSA) is 86.0 Å². The first-order valence-corrected chi connectivity index (χ1v) is 9.71. The van der Waals surface area contributed by atoms with E-state index in [1.54, 1.807) is 22.5 Å². The Hall–Kier alpha value is -4.38. The Labute approximate surface area is 178 Å². The molecule has 0 bridgehead atoms. The predicted molar refractivity (Wildman–Crippen MR) is 115 cm³/mol. The number of ether oxygens (including phenoxy) is 1. The van der Waals surface area contributed by atoms with Crippen LogP contribution in [0.15, 0.2) is 67.5 Å². The summed E-state index contributed by atoms with van der Waals surface area (Å²) in [6.07, 6.45) is 11.1. The molecular formula is C23H19N7O. The Morgan fingerprint density at radius 2 is 1.74 bits per heavy atom. The molecule has 0 amide bonds. The van der Waals surface area contributed by atoms with Crippen LogP contribution in [0.2, 0.25) is 0 Å². The van der Waals surface area contributed by atoms with E-state index in [1.807, 2.05) is 67.0 Å². The molecule has 0 atom stereocenters. The molecule has 0 radical (unpaired) electrons. The van der Waals surface area contributed by atoms with E-state index in [4.69, 9.17) is 4.74 Å². The highest BCUT2D eigenvalue weighted by atomic mass is 16.5. The summed E-state index contributed by atoms with van der Waals surface area (Å²) in [4.78, 5) is 0. The van der Waals surface area contributed by atoms with Crippen molar-refractivity contribution in [3.8, 4) is 34.1 Å². The molecule has 0 aliphatic carbocycles. The number of hydrogen-bond acceptors (Lipinski definition) is 5. The lowest BCUT2D eigenvalue weighted by molar-refractivity contribution is 0.414. The molecule has 0 saturated heterocycles. The Morgan fingerprint density at radius 3 is 2.45 bits per heavy atom. The predicted octanol–water partition coefficient (Wildman–Crippen LogP) is 3.53. The van der Waals surface area contributed by atoms with E-state index in [9.17, 15) is 5.26 Å². The van der Waals surface area contributed by atoms with Gasteiger partial charge in [0.25, 0.3) is 0 Å². The van der Waals surface area contributed by atoms with Gasteiger partial charge in [-0.15, -0.1) is 0 Å². The van der Waals surface area contributed by atoms with E-state index >= 15 is 0 Å². The third kappa shape index (κ3) is 3.42. The molecule has 31 heavy (non-hydrogen) atoms. The number of aromatic nitrogens is 6. The van der Waals surface area contributed by atoms with Crippen molar-refractivity contribution in [2.75, 3.05) is 7.11 Å². The molecule has 0 spiro atoms. The molecule has 4 heterocycles. The summed E-state index contributed by atoms with van der Waals surface area (Å²) in [6, 6.07) is 12.2. The SMILES string of the molecule is COc1ccc(Cn2cc(-c3cc(-c4cnn(C)c4)cn4ncc(C#N)c34)cn2)cc1. The second-order valence-corrected chi connectivity index (χ2v) is 7.28. The lowest BCUT2D eigenvalue weighted by Crippen LogP contribution is -1.99. The fraction of sp³-hybridized carbons (Fsp3) is 0.130. The van der Waals surface area contributed by atoms with E-state index in [0.717, 1.165) is 39.1 Å². The van der Waals surface area contributed by atoms with Gasteiger partial charge in [0.2, 0.25) is 0 Å². The van der Waals surface area contributed by atoms with Gasteiger partial charge in [-0.05, 0) is 23.8 Å². The number of hydrogen-bond donors (Lipinski definition) is 0. The van der Waals surface area contributed by atoms with Gasteiger partial charge in [0.15, 0.2) is 0 Å². The molecule has 0 unspecified atom stereocenters.